The molecule has 0 saturated carbocycles. The van der Waals surface area contributed by atoms with E-state index in [1.165, 1.54) is 16.7 Å². The van der Waals surface area contributed by atoms with Crippen LogP contribution in [0.5, 0.6) is 0 Å². The van der Waals surface area contributed by atoms with Gasteiger partial charge in [-0.25, -0.2) is 4.09 Å². The first-order chi connectivity index (χ1) is 7.79. The summed E-state index contributed by atoms with van der Waals surface area (Å²) in [4.78, 5) is 0. The van der Waals surface area contributed by atoms with Crippen molar-refractivity contribution in [2.24, 2.45) is 0 Å². The molecule has 86 valence electrons. The summed E-state index contributed by atoms with van der Waals surface area (Å²) < 4.78 is 1.86. The Labute approximate surface area is 102 Å². The SMILES string of the molecule is CC.CSn1cc(-c2ccc(C)cc2)cn1. The average molecular weight is 234 g/mol. The van der Waals surface area contributed by atoms with Crippen LogP contribution in [0, 0.1) is 6.92 Å². The molecule has 0 atom stereocenters. The first-order valence-electron chi connectivity index (χ1n) is 5.46. The summed E-state index contributed by atoms with van der Waals surface area (Å²) in [6, 6.07) is 8.48. The topological polar surface area (TPSA) is 17.8 Å². The Balaban J connectivity index is 0.000000606. The van der Waals surface area contributed by atoms with E-state index in [1.54, 1.807) is 11.9 Å². The molecule has 2 aromatic rings. The van der Waals surface area contributed by atoms with Gasteiger partial charge in [-0.3, -0.25) is 0 Å². The van der Waals surface area contributed by atoms with Crippen molar-refractivity contribution < 1.29 is 0 Å². The molecule has 16 heavy (non-hydrogen) atoms. The fourth-order valence-corrected chi connectivity index (χ4v) is 1.66. The normalized spacial score (nSPS) is 9.50. The van der Waals surface area contributed by atoms with E-state index in [0.29, 0.717) is 0 Å². The number of hydrogen-bond donors (Lipinski definition) is 0. The number of hydrogen-bond acceptors (Lipinski definition) is 2. The zero-order chi connectivity index (χ0) is 12.0. The van der Waals surface area contributed by atoms with E-state index in [2.05, 4.69) is 36.3 Å². The summed E-state index contributed by atoms with van der Waals surface area (Å²) in [5, 5.41) is 4.21. The van der Waals surface area contributed by atoms with Crippen molar-refractivity contribution in [2.75, 3.05) is 6.26 Å². The molecule has 0 aliphatic heterocycles. The number of aryl methyl sites for hydroxylation is 1. The van der Waals surface area contributed by atoms with E-state index < -0.39 is 0 Å². The van der Waals surface area contributed by atoms with E-state index in [-0.39, 0.29) is 0 Å². The standard InChI is InChI=1S/C11H12N2S.C2H6/c1-9-3-5-10(6-4-9)11-7-12-13(8-11)14-2;1-2/h3-8H,1-2H3;1-2H3. The van der Waals surface area contributed by atoms with E-state index in [4.69, 9.17) is 0 Å². The van der Waals surface area contributed by atoms with Crippen LogP contribution in [-0.4, -0.2) is 15.4 Å². The van der Waals surface area contributed by atoms with Crippen molar-refractivity contribution in [3.63, 3.8) is 0 Å². The molecule has 0 fully saturated rings. The summed E-state index contributed by atoms with van der Waals surface area (Å²) in [6.07, 6.45) is 5.93. The quantitative estimate of drug-likeness (QED) is 0.781. The molecule has 1 aromatic heterocycles. The second kappa shape index (κ2) is 6.38. The maximum absolute atomic E-state index is 4.21. The molecule has 0 bridgehead atoms. The van der Waals surface area contributed by atoms with E-state index in [0.717, 1.165) is 0 Å². The minimum absolute atomic E-state index is 1.17. The Morgan fingerprint density at radius 3 is 2.19 bits per heavy atom. The van der Waals surface area contributed by atoms with Crippen molar-refractivity contribution >= 4 is 11.9 Å². The zero-order valence-electron chi connectivity index (χ0n) is 10.3. The predicted octanol–water partition coefficient (Wildman–Crippen LogP) is 4.01. The third-order valence-electron chi connectivity index (χ3n) is 2.13. The Kier molecular flexibility index (Phi) is 5.12. The summed E-state index contributed by atoms with van der Waals surface area (Å²) in [7, 11) is 0. The molecule has 0 aliphatic rings. The van der Waals surface area contributed by atoms with Gasteiger partial charge in [0.15, 0.2) is 0 Å². The van der Waals surface area contributed by atoms with Crippen molar-refractivity contribution in [3.05, 3.63) is 42.2 Å². The second-order valence-electron chi connectivity index (χ2n) is 3.18. The van der Waals surface area contributed by atoms with Gasteiger partial charge >= 0.3 is 0 Å². The van der Waals surface area contributed by atoms with Crippen LogP contribution in [0.15, 0.2) is 36.7 Å². The minimum Gasteiger partial charge on any atom is -0.214 e. The summed E-state index contributed by atoms with van der Waals surface area (Å²) in [5.74, 6) is 0. The van der Waals surface area contributed by atoms with Gasteiger partial charge in [0.05, 0.1) is 6.20 Å². The van der Waals surface area contributed by atoms with Gasteiger partial charge in [0, 0.05) is 18.0 Å². The van der Waals surface area contributed by atoms with Crippen molar-refractivity contribution in [3.8, 4) is 11.1 Å². The maximum atomic E-state index is 4.21. The Morgan fingerprint density at radius 2 is 1.69 bits per heavy atom. The second-order valence-corrected chi connectivity index (χ2v) is 3.92. The third-order valence-corrected chi connectivity index (χ3v) is 2.71. The van der Waals surface area contributed by atoms with Crippen LogP contribution >= 0.6 is 11.9 Å². The lowest BCUT2D eigenvalue weighted by Crippen LogP contribution is -1.81. The fourth-order valence-electron chi connectivity index (χ4n) is 1.30. The molecule has 3 heteroatoms. The molecule has 0 unspecified atom stereocenters. The van der Waals surface area contributed by atoms with Gasteiger partial charge in [-0.15, -0.1) is 0 Å². The maximum Gasteiger partial charge on any atom is 0.0578 e. The van der Waals surface area contributed by atoms with Gasteiger partial charge < -0.3 is 0 Å². The summed E-state index contributed by atoms with van der Waals surface area (Å²) in [5.41, 5.74) is 3.67. The monoisotopic (exact) mass is 234 g/mol. The molecule has 0 amide bonds. The average Bonchev–Trinajstić information content (AvgIpc) is 2.81. The minimum atomic E-state index is 1.17. The highest BCUT2D eigenvalue weighted by atomic mass is 32.2. The first kappa shape index (κ1) is 12.8. The molecule has 0 radical (unpaired) electrons. The highest BCUT2D eigenvalue weighted by Crippen LogP contribution is 2.19. The van der Waals surface area contributed by atoms with Crippen LogP contribution in [0.4, 0.5) is 0 Å². The molecular weight excluding hydrogens is 216 g/mol. The van der Waals surface area contributed by atoms with Crippen LogP contribution < -0.4 is 0 Å². The molecule has 0 spiro atoms. The molecule has 1 heterocycles. The predicted molar refractivity (Wildman–Crippen MR) is 72.7 cm³/mol. The molecular formula is C13H18N2S. The summed E-state index contributed by atoms with van der Waals surface area (Å²) in [6.45, 7) is 6.09. The molecule has 0 aliphatic carbocycles. The molecule has 1 aromatic carbocycles. The Bertz CT molecular complexity index is 418. The van der Waals surface area contributed by atoms with Gasteiger partial charge in [0.1, 0.15) is 0 Å². The number of rotatable bonds is 2. The van der Waals surface area contributed by atoms with Crippen LogP contribution in [0.2, 0.25) is 0 Å². The molecule has 0 saturated heterocycles. The van der Waals surface area contributed by atoms with Crippen LogP contribution in [-0.2, 0) is 0 Å². The number of aromatic nitrogens is 2. The smallest absolute Gasteiger partial charge is 0.0578 e. The highest BCUT2D eigenvalue weighted by Gasteiger charge is 2.00. The lowest BCUT2D eigenvalue weighted by atomic mass is 10.1. The van der Waals surface area contributed by atoms with Crippen molar-refractivity contribution in [2.45, 2.75) is 20.8 Å². The van der Waals surface area contributed by atoms with E-state index in [9.17, 15) is 0 Å². The van der Waals surface area contributed by atoms with Gasteiger partial charge in [-0.1, -0.05) is 43.7 Å². The van der Waals surface area contributed by atoms with Gasteiger partial charge in [-0.05, 0) is 24.4 Å². The van der Waals surface area contributed by atoms with E-state index >= 15 is 0 Å². The number of benzene rings is 1. The van der Waals surface area contributed by atoms with Crippen LogP contribution in [0.1, 0.15) is 19.4 Å². The molecule has 2 rings (SSSR count). The van der Waals surface area contributed by atoms with Gasteiger partial charge in [-0.2, -0.15) is 5.10 Å². The number of nitrogens with zero attached hydrogens (tertiary/aromatic N) is 2. The van der Waals surface area contributed by atoms with Crippen molar-refractivity contribution in [1.29, 1.82) is 0 Å². The van der Waals surface area contributed by atoms with Crippen molar-refractivity contribution in [1.82, 2.24) is 9.19 Å². The van der Waals surface area contributed by atoms with E-state index in [1.807, 2.05) is 36.6 Å². The third kappa shape index (κ3) is 3.14. The van der Waals surface area contributed by atoms with Gasteiger partial charge in [0.25, 0.3) is 0 Å². The lowest BCUT2D eigenvalue weighted by Gasteiger charge is -1.97. The molecule has 0 N–H and O–H groups in total. The Hall–Kier alpha value is -1.22. The summed E-state index contributed by atoms with van der Waals surface area (Å²) >= 11 is 1.59. The fraction of sp³-hybridized carbons (Fsp3) is 0.308. The van der Waals surface area contributed by atoms with Crippen LogP contribution in [0.25, 0.3) is 11.1 Å². The van der Waals surface area contributed by atoms with Gasteiger partial charge in [0.2, 0.25) is 0 Å². The zero-order valence-corrected chi connectivity index (χ0v) is 11.1. The molecule has 2 nitrogen and oxygen atoms in total. The lowest BCUT2D eigenvalue weighted by molar-refractivity contribution is 1.01. The van der Waals surface area contributed by atoms with Crippen LogP contribution in [0.3, 0.4) is 0 Å². The Morgan fingerprint density at radius 1 is 1.06 bits per heavy atom. The first-order valence-corrected chi connectivity index (χ1v) is 6.64. The largest absolute Gasteiger partial charge is 0.214 e. The highest BCUT2D eigenvalue weighted by molar-refractivity contribution is 7.97.